The zero-order chi connectivity index (χ0) is 14.1. The Bertz CT molecular complexity index is 435. The molecule has 4 nitrogen and oxygen atoms in total. The van der Waals surface area contributed by atoms with Crippen molar-refractivity contribution >= 4 is 27.7 Å². The molecule has 2 amide bonds. The van der Waals surface area contributed by atoms with E-state index in [4.69, 9.17) is 0 Å². The maximum atomic E-state index is 11.8. The molecule has 1 rings (SSSR count). The van der Waals surface area contributed by atoms with Crippen molar-refractivity contribution in [2.75, 3.05) is 13.1 Å². The van der Waals surface area contributed by atoms with Crippen molar-refractivity contribution in [1.82, 2.24) is 10.6 Å². The molecule has 0 aromatic heterocycles. The second-order valence-corrected chi connectivity index (χ2v) is 5.17. The van der Waals surface area contributed by atoms with Gasteiger partial charge in [0.2, 0.25) is 5.91 Å². The maximum absolute atomic E-state index is 11.8. The summed E-state index contributed by atoms with van der Waals surface area (Å²) in [6.45, 7) is 2.79. The highest BCUT2D eigenvalue weighted by Crippen LogP contribution is 2.11. The summed E-state index contributed by atoms with van der Waals surface area (Å²) in [5.41, 5.74) is 0.535. The number of amides is 2. The maximum Gasteiger partial charge on any atom is 0.251 e. The zero-order valence-corrected chi connectivity index (χ0v) is 12.6. The lowest BCUT2D eigenvalue weighted by Gasteiger charge is -2.07. The Morgan fingerprint density at radius 2 is 2.00 bits per heavy atom. The molecule has 0 spiro atoms. The van der Waals surface area contributed by atoms with Crippen LogP contribution in [0.1, 0.15) is 36.5 Å². The summed E-state index contributed by atoms with van der Waals surface area (Å²) < 4.78 is 0.837. The molecule has 0 fully saturated rings. The third-order valence-electron chi connectivity index (χ3n) is 2.60. The standard InChI is InChI=1S/C14H19BrN2O2/c1-2-3-4-8-16-13(18)10-17-14(19)11-6-5-7-12(15)9-11/h5-7,9H,2-4,8,10H2,1H3,(H,16,18)(H,17,19). The van der Waals surface area contributed by atoms with E-state index in [1.54, 1.807) is 18.2 Å². The Labute approximate surface area is 122 Å². The van der Waals surface area contributed by atoms with Crippen LogP contribution in [0.3, 0.4) is 0 Å². The minimum Gasteiger partial charge on any atom is -0.355 e. The van der Waals surface area contributed by atoms with E-state index < -0.39 is 0 Å². The zero-order valence-electron chi connectivity index (χ0n) is 11.0. The van der Waals surface area contributed by atoms with Crippen molar-refractivity contribution in [1.29, 1.82) is 0 Å². The third kappa shape index (κ3) is 6.38. The third-order valence-corrected chi connectivity index (χ3v) is 3.09. The highest BCUT2D eigenvalue weighted by molar-refractivity contribution is 9.10. The second-order valence-electron chi connectivity index (χ2n) is 4.25. The average molecular weight is 327 g/mol. The lowest BCUT2D eigenvalue weighted by atomic mass is 10.2. The average Bonchev–Trinajstić information content (AvgIpc) is 2.41. The van der Waals surface area contributed by atoms with E-state index in [-0.39, 0.29) is 18.4 Å². The van der Waals surface area contributed by atoms with Crippen molar-refractivity contribution in [3.63, 3.8) is 0 Å². The molecule has 5 heteroatoms. The van der Waals surface area contributed by atoms with Crippen LogP contribution in [0.2, 0.25) is 0 Å². The SMILES string of the molecule is CCCCCNC(=O)CNC(=O)c1cccc(Br)c1. The lowest BCUT2D eigenvalue weighted by Crippen LogP contribution is -2.37. The van der Waals surface area contributed by atoms with E-state index in [0.29, 0.717) is 12.1 Å². The van der Waals surface area contributed by atoms with Gasteiger partial charge in [0.15, 0.2) is 0 Å². The number of hydrogen-bond donors (Lipinski definition) is 2. The van der Waals surface area contributed by atoms with Crippen LogP contribution in [-0.2, 0) is 4.79 Å². The summed E-state index contributed by atoms with van der Waals surface area (Å²) in [4.78, 5) is 23.2. The van der Waals surface area contributed by atoms with Gasteiger partial charge in [-0.3, -0.25) is 9.59 Å². The van der Waals surface area contributed by atoms with Gasteiger partial charge in [-0.15, -0.1) is 0 Å². The highest BCUT2D eigenvalue weighted by Gasteiger charge is 2.07. The van der Waals surface area contributed by atoms with E-state index in [2.05, 4.69) is 33.5 Å². The molecule has 0 heterocycles. The van der Waals surface area contributed by atoms with Gasteiger partial charge in [-0.05, 0) is 24.6 Å². The monoisotopic (exact) mass is 326 g/mol. The summed E-state index contributed by atoms with van der Waals surface area (Å²) >= 11 is 3.30. The van der Waals surface area contributed by atoms with Gasteiger partial charge in [0.25, 0.3) is 5.91 Å². The first-order valence-electron chi connectivity index (χ1n) is 6.44. The Balaban J connectivity index is 2.28. The summed E-state index contributed by atoms with van der Waals surface area (Å²) in [5.74, 6) is -0.399. The van der Waals surface area contributed by atoms with Crippen molar-refractivity contribution in [3.05, 3.63) is 34.3 Å². The Hall–Kier alpha value is -1.36. The molecule has 0 unspecified atom stereocenters. The minimum atomic E-state index is -0.245. The lowest BCUT2D eigenvalue weighted by molar-refractivity contribution is -0.120. The van der Waals surface area contributed by atoms with Crippen LogP contribution in [0.25, 0.3) is 0 Å². The van der Waals surface area contributed by atoms with Gasteiger partial charge in [0.05, 0.1) is 6.54 Å². The van der Waals surface area contributed by atoms with E-state index in [0.717, 1.165) is 23.7 Å². The fraction of sp³-hybridized carbons (Fsp3) is 0.429. The van der Waals surface area contributed by atoms with E-state index in [1.165, 1.54) is 0 Å². The number of halogens is 1. The number of hydrogen-bond acceptors (Lipinski definition) is 2. The molecule has 0 radical (unpaired) electrons. The molecule has 0 aliphatic carbocycles. The van der Waals surface area contributed by atoms with E-state index in [9.17, 15) is 9.59 Å². The number of carbonyl (C=O) groups is 2. The molecular weight excluding hydrogens is 308 g/mol. The highest BCUT2D eigenvalue weighted by atomic mass is 79.9. The second kappa shape index (κ2) is 8.69. The van der Waals surface area contributed by atoms with Gasteiger partial charge in [-0.2, -0.15) is 0 Å². The first-order valence-corrected chi connectivity index (χ1v) is 7.23. The molecule has 0 atom stereocenters. The number of nitrogens with one attached hydrogen (secondary N) is 2. The number of unbranched alkanes of at least 4 members (excludes halogenated alkanes) is 2. The van der Waals surface area contributed by atoms with E-state index in [1.807, 2.05) is 6.07 Å². The first-order chi connectivity index (χ1) is 9.13. The molecule has 0 saturated carbocycles. The quantitative estimate of drug-likeness (QED) is 0.756. The molecular formula is C14H19BrN2O2. The minimum absolute atomic E-state index is 0.0114. The molecule has 0 saturated heterocycles. The molecule has 1 aromatic rings. The normalized spacial score (nSPS) is 10.0. The van der Waals surface area contributed by atoms with Crippen LogP contribution in [0.5, 0.6) is 0 Å². The molecule has 2 N–H and O–H groups in total. The summed E-state index contributed by atoms with van der Waals surface area (Å²) in [6.07, 6.45) is 3.20. The topological polar surface area (TPSA) is 58.2 Å². The van der Waals surface area contributed by atoms with Crippen LogP contribution in [0.4, 0.5) is 0 Å². The van der Waals surface area contributed by atoms with Gasteiger partial charge < -0.3 is 10.6 Å². The Morgan fingerprint density at radius 3 is 2.68 bits per heavy atom. The van der Waals surface area contributed by atoms with E-state index >= 15 is 0 Å². The first kappa shape index (κ1) is 15.7. The van der Waals surface area contributed by atoms with Gasteiger partial charge >= 0.3 is 0 Å². The van der Waals surface area contributed by atoms with Crippen LogP contribution >= 0.6 is 15.9 Å². The summed E-state index contributed by atoms with van der Waals surface area (Å²) in [6, 6.07) is 7.05. The van der Waals surface area contributed by atoms with Crippen LogP contribution < -0.4 is 10.6 Å². The molecule has 0 aliphatic heterocycles. The largest absolute Gasteiger partial charge is 0.355 e. The van der Waals surface area contributed by atoms with Crippen LogP contribution in [0, 0.1) is 0 Å². The van der Waals surface area contributed by atoms with Crippen LogP contribution in [0.15, 0.2) is 28.7 Å². The molecule has 1 aromatic carbocycles. The molecule has 104 valence electrons. The predicted molar refractivity (Wildman–Crippen MR) is 79.0 cm³/mol. The molecule has 19 heavy (non-hydrogen) atoms. The fourth-order valence-corrected chi connectivity index (χ4v) is 1.96. The smallest absolute Gasteiger partial charge is 0.251 e. The van der Waals surface area contributed by atoms with Gasteiger partial charge in [-0.1, -0.05) is 41.8 Å². The fourth-order valence-electron chi connectivity index (χ4n) is 1.56. The van der Waals surface area contributed by atoms with Crippen molar-refractivity contribution in [3.8, 4) is 0 Å². The number of rotatable bonds is 7. The van der Waals surface area contributed by atoms with Crippen LogP contribution in [-0.4, -0.2) is 24.9 Å². The number of benzene rings is 1. The summed E-state index contributed by atoms with van der Waals surface area (Å²) in [5, 5.41) is 5.37. The van der Waals surface area contributed by atoms with Crippen molar-refractivity contribution in [2.24, 2.45) is 0 Å². The Morgan fingerprint density at radius 1 is 1.21 bits per heavy atom. The summed E-state index contributed by atoms with van der Waals surface area (Å²) in [7, 11) is 0. The Kier molecular flexibility index (Phi) is 7.18. The number of carbonyl (C=O) groups excluding carboxylic acids is 2. The molecule has 0 aliphatic rings. The van der Waals surface area contributed by atoms with Crippen molar-refractivity contribution in [2.45, 2.75) is 26.2 Å². The van der Waals surface area contributed by atoms with Gasteiger partial charge in [0, 0.05) is 16.6 Å². The predicted octanol–water partition coefficient (Wildman–Crippen LogP) is 2.49. The van der Waals surface area contributed by atoms with Gasteiger partial charge in [0.1, 0.15) is 0 Å². The molecule has 0 bridgehead atoms. The van der Waals surface area contributed by atoms with Gasteiger partial charge in [-0.25, -0.2) is 0 Å². The van der Waals surface area contributed by atoms with Crippen molar-refractivity contribution < 1.29 is 9.59 Å².